The summed E-state index contributed by atoms with van der Waals surface area (Å²) in [7, 11) is 3.76. The van der Waals surface area contributed by atoms with Gasteiger partial charge in [-0.05, 0) is 45.0 Å². The molecule has 7 heteroatoms. The van der Waals surface area contributed by atoms with E-state index in [1.165, 1.54) is 0 Å². The molecule has 0 radical (unpaired) electrons. The van der Waals surface area contributed by atoms with Gasteiger partial charge in [0.2, 0.25) is 0 Å². The highest BCUT2D eigenvalue weighted by molar-refractivity contribution is 6.05. The summed E-state index contributed by atoms with van der Waals surface area (Å²) in [5, 5.41) is 8.49. The molecule has 0 bridgehead atoms. The third kappa shape index (κ3) is 5.75. The van der Waals surface area contributed by atoms with E-state index in [0.29, 0.717) is 11.1 Å². The quantitative estimate of drug-likeness (QED) is 0.308. The van der Waals surface area contributed by atoms with Crippen molar-refractivity contribution < 1.29 is 9.59 Å². The molecule has 0 amide bonds. The summed E-state index contributed by atoms with van der Waals surface area (Å²) in [5.41, 5.74) is 4.97. The van der Waals surface area contributed by atoms with E-state index in [1.54, 1.807) is 41.0 Å². The third-order valence-electron chi connectivity index (χ3n) is 5.19. The van der Waals surface area contributed by atoms with Crippen molar-refractivity contribution in [2.75, 3.05) is 14.1 Å². The number of carbonyl (C=O) groups excluding carboxylic acids is 2. The van der Waals surface area contributed by atoms with Crippen molar-refractivity contribution in [2.45, 2.75) is 20.8 Å². The second-order valence-electron chi connectivity index (χ2n) is 7.98. The maximum atomic E-state index is 12.0. The van der Waals surface area contributed by atoms with E-state index in [2.05, 4.69) is 10.2 Å². The Morgan fingerprint density at radius 3 is 1.62 bits per heavy atom. The van der Waals surface area contributed by atoms with Gasteiger partial charge in [0.15, 0.2) is 11.6 Å². The fourth-order valence-corrected chi connectivity index (χ4v) is 3.37. The minimum absolute atomic E-state index is 0.0339. The fourth-order valence-electron chi connectivity index (χ4n) is 3.37. The van der Waals surface area contributed by atoms with Crippen molar-refractivity contribution in [3.05, 3.63) is 108 Å². The van der Waals surface area contributed by atoms with Crippen molar-refractivity contribution in [3.8, 4) is 11.4 Å². The molecule has 0 unspecified atom stereocenters. The molecule has 0 fully saturated rings. The molecule has 0 aliphatic heterocycles. The lowest BCUT2D eigenvalue weighted by atomic mass is 10.1. The van der Waals surface area contributed by atoms with Gasteiger partial charge in [-0.3, -0.25) is 9.59 Å². The van der Waals surface area contributed by atoms with E-state index in [-0.39, 0.29) is 11.6 Å². The number of nitrogens with zero attached hydrogens (tertiary/aromatic N) is 5. The third-order valence-corrected chi connectivity index (χ3v) is 5.19. The highest BCUT2D eigenvalue weighted by atomic mass is 16.1. The lowest BCUT2D eigenvalue weighted by Crippen LogP contribution is -2.04. The van der Waals surface area contributed by atoms with Crippen LogP contribution >= 0.6 is 0 Å². The molecule has 2 heterocycles. The SMILES string of the molecule is CC(=O)c1cnn(-c2ccccc2)c1C.Cc1c(C(=O)C=CN(C)C)cnn1-c1ccccc1. The average Bonchev–Trinajstić information content (AvgIpc) is 3.41. The molecule has 4 rings (SSSR count). The smallest absolute Gasteiger partial charge is 0.190 e. The van der Waals surface area contributed by atoms with Crippen molar-refractivity contribution in [1.82, 2.24) is 24.5 Å². The number of aromatic nitrogens is 4. The summed E-state index contributed by atoms with van der Waals surface area (Å²) in [6.45, 7) is 5.35. The number of ketones is 2. The van der Waals surface area contributed by atoms with Crippen LogP contribution in [0.4, 0.5) is 0 Å². The highest BCUT2D eigenvalue weighted by Gasteiger charge is 2.13. The van der Waals surface area contributed by atoms with Gasteiger partial charge >= 0.3 is 0 Å². The molecule has 0 aliphatic carbocycles. The van der Waals surface area contributed by atoms with Crippen LogP contribution in [0.5, 0.6) is 0 Å². The molecule has 0 aliphatic rings. The molecule has 0 saturated carbocycles. The monoisotopic (exact) mass is 455 g/mol. The minimum Gasteiger partial charge on any atom is -0.383 e. The first-order chi connectivity index (χ1) is 16.3. The van der Waals surface area contributed by atoms with E-state index in [0.717, 1.165) is 22.8 Å². The van der Waals surface area contributed by atoms with E-state index in [1.807, 2.05) is 93.5 Å². The van der Waals surface area contributed by atoms with Crippen molar-refractivity contribution >= 4 is 11.6 Å². The first kappa shape index (κ1) is 24.4. The van der Waals surface area contributed by atoms with Gasteiger partial charge in [-0.2, -0.15) is 10.2 Å². The zero-order valence-corrected chi connectivity index (χ0v) is 20.1. The number of rotatable bonds is 6. The zero-order chi connectivity index (χ0) is 24.7. The Morgan fingerprint density at radius 1 is 0.765 bits per heavy atom. The first-order valence-electron chi connectivity index (χ1n) is 10.9. The lowest BCUT2D eigenvalue weighted by molar-refractivity contribution is 0.101. The fraction of sp³-hybridized carbons (Fsp3) is 0.185. The van der Waals surface area contributed by atoms with Gasteiger partial charge in [-0.15, -0.1) is 0 Å². The number of hydrogen-bond donors (Lipinski definition) is 0. The van der Waals surface area contributed by atoms with Gasteiger partial charge in [0, 0.05) is 26.4 Å². The van der Waals surface area contributed by atoms with Crippen LogP contribution in [0.2, 0.25) is 0 Å². The van der Waals surface area contributed by atoms with Crippen LogP contribution in [0.25, 0.3) is 11.4 Å². The topological polar surface area (TPSA) is 73.0 Å². The van der Waals surface area contributed by atoms with Crippen LogP contribution in [0.15, 0.2) is 85.3 Å². The Hall–Kier alpha value is -4.26. The summed E-state index contributed by atoms with van der Waals surface area (Å²) < 4.78 is 3.55. The van der Waals surface area contributed by atoms with Gasteiger partial charge in [-0.25, -0.2) is 9.36 Å². The molecular formula is C27H29N5O2. The summed E-state index contributed by atoms with van der Waals surface area (Å²) in [5.74, 6) is 0.0167. The van der Waals surface area contributed by atoms with Crippen LogP contribution in [-0.4, -0.2) is 50.1 Å². The van der Waals surface area contributed by atoms with E-state index in [9.17, 15) is 9.59 Å². The molecule has 0 N–H and O–H groups in total. The van der Waals surface area contributed by atoms with Gasteiger partial charge in [0.05, 0.1) is 46.3 Å². The molecule has 7 nitrogen and oxygen atoms in total. The van der Waals surface area contributed by atoms with Crippen LogP contribution in [0, 0.1) is 13.8 Å². The molecule has 4 aromatic rings. The minimum atomic E-state index is -0.0339. The predicted octanol–water partition coefficient (Wildman–Crippen LogP) is 4.82. The second kappa shape index (κ2) is 11.0. The lowest BCUT2D eigenvalue weighted by Gasteiger charge is -2.04. The van der Waals surface area contributed by atoms with Crippen molar-refractivity contribution in [1.29, 1.82) is 0 Å². The molecule has 0 spiro atoms. The molecule has 2 aromatic heterocycles. The summed E-state index contributed by atoms with van der Waals surface area (Å²) in [6, 6.07) is 19.5. The van der Waals surface area contributed by atoms with Crippen LogP contribution in [-0.2, 0) is 0 Å². The Labute approximate surface area is 200 Å². The van der Waals surface area contributed by atoms with Crippen LogP contribution in [0.3, 0.4) is 0 Å². The maximum absolute atomic E-state index is 12.0. The van der Waals surface area contributed by atoms with Crippen molar-refractivity contribution in [2.24, 2.45) is 0 Å². The number of benzene rings is 2. The van der Waals surface area contributed by atoms with Crippen LogP contribution in [0.1, 0.15) is 39.0 Å². The Balaban J connectivity index is 0.000000196. The largest absolute Gasteiger partial charge is 0.383 e. The van der Waals surface area contributed by atoms with Gasteiger partial charge in [-0.1, -0.05) is 36.4 Å². The molecule has 0 saturated heterocycles. The van der Waals surface area contributed by atoms with Crippen molar-refractivity contribution in [3.63, 3.8) is 0 Å². The second-order valence-corrected chi connectivity index (χ2v) is 7.98. The molecule has 174 valence electrons. The number of Topliss-reactive ketones (excluding diaryl/α,β-unsaturated/α-hetero) is 1. The van der Waals surface area contributed by atoms with Gasteiger partial charge in [0.1, 0.15) is 0 Å². The number of para-hydroxylation sites is 2. The number of allylic oxidation sites excluding steroid dienone is 1. The summed E-state index contributed by atoms with van der Waals surface area (Å²) >= 11 is 0. The standard InChI is InChI=1S/C15H17N3O.C12H12N2O/c1-12-14(15(19)9-10-17(2)3)11-16-18(12)13-7-5-4-6-8-13;1-9-12(10(2)15)8-13-14(9)11-6-4-3-5-7-11/h4-11H,1-3H3;3-8H,1-2H3. The Morgan fingerprint density at radius 2 is 1.21 bits per heavy atom. The molecular weight excluding hydrogens is 426 g/mol. The van der Waals surface area contributed by atoms with Gasteiger partial charge in [0.25, 0.3) is 0 Å². The summed E-state index contributed by atoms with van der Waals surface area (Å²) in [4.78, 5) is 25.1. The first-order valence-corrected chi connectivity index (χ1v) is 10.9. The molecule has 0 atom stereocenters. The van der Waals surface area contributed by atoms with E-state index < -0.39 is 0 Å². The summed E-state index contributed by atoms with van der Waals surface area (Å²) in [6.07, 6.45) is 6.52. The number of hydrogen-bond acceptors (Lipinski definition) is 5. The highest BCUT2D eigenvalue weighted by Crippen LogP contribution is 2.15. The van der Waals surface area contributed by atoms with Gasteiger partial charge < -0.3 is 4.90 Å². The maximum Gasteiger partial charge on any atom is 0.190 e. The Bertz CT molecular complexity index is 1290. The molecule has 34 heavy (non-hydrogen) atoms. The predicted molar refractivity (Wildman–Crippen MR) is 134 cm³/mol. The number of carbonyl (C=O) groups is 2. The van der Waals surface area contributed by atoms with E-state index in [4.69, 9.17) is 0 Å². The Kier molecular flexibility index (Phi) is 7.92. The normalized spacial score (nSPS) is 10.6. The zero-order valence-electron chi connectivity index (χ0n) is 20.1. The van der Waals surface area contributed by atoms with Crippen LogP contribution < -0.4 is 0 Å². The average molecular weight is 456 g/mol. The van der Waals surface area contributed by atoms with E-state index >= 15 is 0 Å². The molecule has 2 aromatic carbocycles.